The SMILES string of the molecule is COc1c#cc(C2CC(=O)c3c(O)cc(OC)cc3O2)cc1. The van der Waals surface area contributed by atoms with Gasteiger partial charge >= 0.3 is 0 Å². The number of ketones is 1. The van der Waals surface area contributed by atoms with E-state index >= 15 is 0 Å². The molecule has 112 valence electrons. The van der Waals surface area contributed by atoms with Crippen molar-refractivity contribution in [3.63, 3.8) is 0 Å². The Morgan fingerprint density at radius 2 is 2.05 bits per heavy atom. The number of benzene rings is 1. The van der Waals surface area contributed by atoms with Crippen molar-refractivity contribution >= 4 is 5.78 Å². The van der Waals surface area contributed by atoms with Gasteiger partial charge in [0.15, 0.2) is 11.5 Å². The molecule has 0 saturated heterocycles. The second kappa shape index (κ2) is 5.49. The van der Waals surface area contributed by atoms with E-state index in [-0.39, 0.29) is 23.5 Å². The molecule has 1 atom stereocenters. The summed E-state index contributed by atoms with van der Waals surface area (Å²) >= 11 is 0. The van der Waals surface area contributed by atoms with Gasteiger partial charge in [0.25, 0.3) is 0 Å². The number of phenols is 1. The van der Waals surface area contributed by atoms with Crippen LogP contribution in [0.2, 0.25) is 0 Å². The highest BCUT2D eigenvalue weighted by atomic mass is 16.5. The maximum Gasteiger partial charge on any atom is 0.174 e. The van der Waals surface area contributed by atoms with Gasteiger partial charge in [0.2, 0.25) is 0 Å². The summed E-state index contributed by atoms with van der Waals surface area (Å²) in [6.07, 6.45) is -0.350. The van der Waals surface area contributed by atoms with Crippen LogP contribution in [0.25, 0.3) is 0 Å². The smallest absolute Gasteiger partial charge is 0.174 e. The van der Waals surface area contributed by atoms with Gasteiger partial charge < -0.3 is 19.3 Å². The fourth-order valence-corrected chi connectivity index (χ4v) is 2.40. The standard InChI is InChI=1S/C17H14O5/c1-20-11-5-3-10(4-6-11)15-9-14(19)17-13(18)7-12(21-2)8-16(17)22-15/h3,5,7-8,15,18H,9H2,1-2H3. The fourth-order valence-electron chi connectivity index (χ4n) is 2.40. The predicted octanol–water partition coefficient (Wildman–Crippen LogP) is 2.72. The lowest BCUT2D eigenvalue weighted by Crippen LogP contribution is -2.20. The number of hydrogen-bond acceptors (Lipinski definition) is 5. The summed E-state index contributed by atoms with van der Waals surface area (Å²) in [5.41, 5.74) is 0.886. The number of ether oxygens (including phenoxy) is 3. The van der Waals surface area contributed by atoms with Crippen molar-refractivity contribution in [1.82, 2.24) is 0 Å². The molecule has 0 bridgehead atoms. The van der Waals surface area contributed by atoms with Gasteiger partial charge in [-0.15, -0.1) is 0 Å². The van der Waals surface area contributed by atoms with Crippen molar-refractivity contribution in [1.29, 1.82) is 0 Å². The highest BCUT2D eigenvalue weighted by molar-refractivity contribution is 6.02. The number of hydrogen-bond donors (Lipinski definition) is 1. The highest BCUT2D eigenvalue weighted by Crippen LogP contribution is 2.41. The van der Waals surface area contributed by atoms with Gasteiger partial charge in [0.1, 0.15) is 28.9 Å². The molecule has 1 aliphatic rings. The second-order valence-corrected chi connectivity index (χ2v) is 4.86. The lowest BCUT2D eigenvalue weighted by Gasteiger charge is -2.25. The van der Waals surface area contributed by atoms with Crippen LogP contribution in [-0.4, -0.2) is 25.1 Å². The summed E-state index contributed by atoms with van der Waals surface area (Å²) in [5, 5.41) is 9.95. The largest absolute Gasteiger partial charge is 0.507 e. The van der Waals surface area contributed by atoms with Gasteiger partial charge in [0, 0.05) is 17.7 Å². The zero-order chi connectivity index (χ0) is 15.7. The first kappa shape index (κ1) is 14.1. The Bertz CT molecular complexity index is 706. The minimum absolute atomic E-state index is 0.129. The van der Waals surface area contributed by atoms with Crippen LogP contribution in [0, 0.1) is 12.1 Å². The molecule has 0 aliphatic carbocycles. The van der Waals surface area contributed by atoms with Crippen LogP contribution < -0.4 is 14.2 Å². The monoisotopic (exact) mass is 298 g/mol. The summed E-state index contributed by atoms with van der Waals surface area (Å²) in [7, 11) is 3.03. The third-order valence-corrected chi connectivity index (χ3v) is 3.52. The topological polar surface area (TPSA) is 65.0 Å². The molecule has 0 spiro atoms. The normalized spacial score (nSPS) is 16.3. The molecule has 0 fully saturated rings. The highest BCUT2D eigenvalue weighted by Gasteiger charge is 2.31. The summed E-state index contributed by atoms with van der Waals surface area (Å²) in [5.74, 6) is 0.974. The Balaban J connectivity index is 1.95. The molecule has 1 unspecified atom stereocenters. The molecule has 2 aromatic carbocycles. The number of aromatic hydroxyl groups is 1. The molecular weight excluding hydrogens is 284 g/mol. The summed E-state index contributed by atoms with van der Waals surface area (Å²) < 4.78 is 16.0. The average Bonchev–Trinajstić information content (AvgIpc) is 2.54. The summed E-state index contributed by atoms with van der Waals surface area (Å²) in [6, 6.07) is 12.3. The van der Waals surface area contributed by atoms with E-state index in [0.29, 0.717) is 22.8 Å². The number of fused-ring (bicyclic) bond motifs is 1. The minimum Gasteiger partial charge on any atom is -0.507 e. The molecule has 0 amide bonds. The van der Waals surface area contributed by atoms with E-state index in [2.05, 4.69) is 12.1 Å². The van der Waals surface area contributed by atoms with Crippen LogP contribution in [0.3, 0.4) is 0 Å². The van der Waals surface area contributed by atoms with E-state index in [9.17, 15) is 9.90 Å². The third-order valence-electron chi connectivity index (χ3n) is 3.52. The first-order valence-electron chi connectivity index (χ1n) is 6.71. The molecule has 2 aromatic rings. The first-order chi connectivity index (χ1) is 10.6. The molecule has 0 aromatic heterocycles. The molecule has 5 nitrogen and oxygen atoms in total. The lowest BCUT2D eigenvalue weighted by molar-refractivity contribution is 0.0844. The number of carbonyl (C=O) groups excluding carboxylic acids is 1. The maximum absolute atomic E-state index is 12.3. The first-order valence-corrected chi connectivity index (χ1v) is 6.71. The Labute approximate surface area is 128 Å². The van der Waals surface area contributed by atoms with Crippen LogP contribution in [0.1, 0.15) is 28.4 Å². The van der Waals surface area contributed by atoms with E-state index in [0.717, 1.165) is 0 Å². The van der Waals surface area contributed by atoms with Crippen molar-refractivity contribution in [2.75, 3.05) is 14.2 Å². The van der Waals surface area contributed by atoms with Crippen LogP contribution >= 0.6 is 0 Å². The molecular formula is C17H14O5. The fraction of sp³-hybridized carbons (Fsp3) is 0.235. The molecule has 0 radical (unpaired) electrons. The number of carbonyl (C=O) groups is 1. The van der Waals surface area contributed by atoms with Gasteiger partial charge in [0.05, 0.1) is 20.6 Å². The molecule has 1 aliphatic heterocycles. The van der Waals surface area contributed by atoms with Crippen LogP contribution in [0.5, 0.6) is 23.0 Å². The van der Waals surface area contributed by atoms with Crippen molar-refractivity contribution in [2.45, 2.75) is 12.5 Å². The van der Waals surface area contributed by atoms with E-state index in [1.54, 1.807) is 25.3 Å². The molecule has 1 heterocycles. The van der Waals surface area contributed by atoms with E-state index in [1.165, 1.54) is 13.2 Å². The Kier molecular flexibility index (Phi) is 3.51. The zero-order valence-electron chi connectivity index (χ0n) is 12.2. The summed E-state index contributed by atoms with van der Waals surface area (Å²) in [6.45, 7) is 0. The maximum atomic E-state index is 12.3. The molecule has 0 saturated carbocycles. The lowest BCUT2D eigenvalue weighted by atomic mass is 9.96. The molecule has 5 heteroatoms. The van der Waals surface area contributed by atoms with Crippen LogP contribution in [0.4, 0.5) is 0 Å². The van der Waals surface area contributed by atoms with Gasteiger partial charge in [-0.3, -0.25) is 4.79 Å². The predicted molar refractivity (Wildman–Crippen MR) is 77.6 cm³/mol. The molecule has 1 N–H and O–H groups in total. The summed E-state index contributed by atoms with van der Waals surface area (Å²) in [4.78, 5) is 12.3. The van der Waals surface area contributed by atoms with Gasteiger partial charge in [-0.2, -0.15) is 0 Å². The average molecular weight is 298 g/mol. The van der Waals surface area contributed by atoms with Crippen molar-refractivity contribution in [2.24, 2.45) is 0 Å². The number of methoxy groups -OCH3 is 2. The van der Waals surface area contributed by atoms with Gasteiger partial charge in [-0.05, 0) is 18.2 Å². The Morgan fingerprint density at radius 1 is 1.23 bits per heavy atom. The van der Waals surface area contributed by atoms with Crippen LogP contribution in [0.15, 0.2) is 24.3 Å². The minimum atomic E-state index is -0.478. The van der Waals surface area contributed by atoms with E-state index < -0.39 is 6.10 Å². The van der Waals surface area contributed by atoms with E-state index in [4.69, 9.17) is 14.2 Å². The number of rotatable bonds is 3. The van der Waals surface area contributed by atoms with Gasteiger partial charge in [-0.25, -0.2) is 0 Å². The zero-order valence-corrected chi connectivity index (χ0v) is 12.2. The second-order valence-electron chi connectivity index (χ2n) is 4.86. The number of Topliss-reactive ketones (excluding diaryl/α,β-unsaturated/α-hetero) is 1. The van der Waals surface area contributed by atoms with Crippen molar-refractivity contribution in [3.05, 3.63) is 47.5 Å². The molecule has 22 heavy (non-hydrogen) atoms. The Hall–Kier alpha value is -2.87. The number of phenolic OH excluding ortho intramolecular Hbond substituents is 1. The third kappa shape index (κ3) is 2.40. The van der Waals surface area contributed by atoms with Crippen molar-refractivity contribution in [3.8, 4) is 23.0 Å². The molecule has 3 rings (SSSR count). The Morgan fingerprint density at radius 3 is 2.68 bits per heavy atom. The van der Waals surface area contributed by atoms with Crippen molar-refractivity contribution < 1.29 is 24.1 Å². The van der Waals surface area contributed by atoms with E-state index in [1.807, 2.05) is 0 Å². The van der Waals surface area contributed by atoms with Gasteiger partial charge in [-0.1, -0.05) is 6.07 Å². The quantitative estimate of drug-likeness (QED) is 0.944. The van der Waals surface area contributed by atoms with Crippen LogP contribution in [-0.2, 0) is 0 Å².